The minimum absolute atomic E-state index is 0.161. The standard InChI is InChI=1S/C17H10N2O5/c1-24-17(23)10-2-5-12(6-3-10)19-15(21)13-7-4-11(18-9-20)8-14(13)16(19)22/h2-8H,1H3. The smallest absolute Gasteiger partial charge is 0.337 e. The minimum atomic E-state index is -0.524. The molecule has 2 amide bonds. The number of esters is 1. The van der Waals surface area contributed by atoms with E-state index in [0.717, 1.165) is 4.90 Å². The molecular weight excluding hydrogens is 312 g/mol. The molecule has 2 aromatic carbocycles. The summed E-state index contributed by atoms with van der Waals surface area (Å²) in [5, 5.41) is 0. The van der Waals surface area contributed by atoms with Crippen LogP contribution in [0.25, 0.3) is 0 Å². The summed E-state index contributed by atoms with van der Waals surface area (Å²) >= 11 is 0. The molecule has 3 rings (SSSR count). The lowest BCUT2D eigenvalue weighted by Gasteiger charge is -2.14. The number of hydrogen-bond acceptors (Lipinski definition) is 6. The van der Waals surface area contributed by atoms with Gasteiger partial charge in [0.1, 0.15) is 0 Å². The van der Waals surface area contributed by atoms with Crippen molar-refractivity contribution in [1.82, 2.24) is 0 Å². The predicted molar refractivity (Wildman–Crippen MR) is 83.1 cm³/mol. The van der Waals surface area contributed by atoms with Gasteiger partial charge in [0.25, 0.3) is 11.8 Å². The van der Waals surface area contributed by atoms with Crippen LogP contribution in [0, 0.1) is 0 Å². The molecule has 1 aliphatic heterocycles. The molecule has 0 saturated heterocycles. The van der Waals surface area contributed by atoms with Crippen molar-refractivity contribution in [3.05, 3.63) is 59.2 Å². The van der Waals surface area contributed by atoms with Crippen LogP contribution in [0.2, 0.25) is 0 Å². The molecular formula is C17H10N2O5. The summed E-state index contributed by atoms with van der Waals surface area (Å²) in [6.45, 7) is 0. The van der Waals surface area contributed by atoms with Gasteiger partial charge in [-0.2, -0.15) is 4.99 Å². The Balaban J connectivity index is 1.98. The Bertz CT molecular complexity index is 911. The van der Waals surface area contributed by atoms with Gasteiger partial charge in [-0.15, -0.1) is 0 Å². The second kappa shape index (κ2) is 5.91. The number of amides is 2. The van der Waals surface area contributed by atoms with Crippen LogP contribution in [0.4, 0.5) is 11.4 Å². The number of hydrogen-bond donors (Lipinski definition) is 0. The van der Waals surface area contributed by atoms with E-state index in [0.29, 0.717) is 11.3 Å². The third kappa shape index (κ3) is 2.39. The first-order valence-electron chi connectivity index (χ1n) is 6.86. The number of ether oxygens (including phenoxy) is 1. The number of fused-ring (bicyclic) bond motifs is 1. The first-order chi connectivity index (χ1) is 11.6. The lowest BCUT2D eigenvalue weighted by molar-refractivity contribution is 0.0600. The van der Waals surface area contributed by atoms with Crippen molar-refractivity contribution in [2.24, 2.45) is 4.99 Å². The van der Waals surface area contributed by atoms with E-state index in [9.17, 15) is 19.2 Å². The van der Waals surface area contributed by atoms with E-state index in [1.807, 2.05) is 0 Å². The molecule has 0 fully saturated rings. The maximum absolute atomic E-state index is 12.5. The van der Waals surface area contributed by atoms with E-state index >= 15 is 0 Å². The summed E-state index contributed by atoms with van der Waals surface area (Å²) in [4.78, 5) is 51.2. The largest absolute Gasteiger partial charge is 0.465 e. The fourth-order valence-corrected chi connectivity index (χ4v) is 2.45. The van der Waals surface area contributed by atoms with Gasteiger partial charge in [0.05, 0.1) is 35.2 Å². The molecule has 2 aromatic rings. The molecule has 1 heterocycles. The van der Waals surface area contributed by atoms with Crippen molar-refractivity contribution < 1.29 is 23.9 Å². The van der Waals surface area contributed by atoms with Gasteiger partial charge in [-0.3, -0.25) is 9.59 Å². The van der Waals surface area contributed by atoms with Crippen LogP contribution in [0.5, 0.6) is 0 Å². The highest BCUT2D eigenvalue weighted by atomic mass is 16.5. The maximum Gasteiger partial charge on any atom is 0.337 e. The predicted octanol–water partition coefficient (Wildman–Crippen LogP) is 2.24. The van der Waals surface area contributed by atoms with Crippen LogP contribution >= 0.6 is 0 Å². The van der Waals surface area contributed by atoms with Crippen molar-refractivity contribution in [3.8, 4) is 0 Å². The van der Waals surface area contributed by atoms with Gasteiger partial charge >= 0.3 is 5.97 Å². The van der Waals surface area contributed by atoms with E-state index in [-0.39, 0.29) is 16.8 Å². The van der Waals surface area contributed by atoms with Gasteiger partial charge in [0.15, 0.2) is 0 Å². The summed E-state index contributed by atoms with van der Waals surface area (Å²) in [7, 11) is 1.26. The second-order valence-corrected chi connectivity index (χ2v) is 4.92. The first-order valence-corrected chi connectivity index (χ1v) is 6.86. The number of carbonyl (C=O) groups excluding carboxylic acids is 4. The van der Waals surface area contributed by atoms with E-state index < -0.39 is 17.8 Å². The number of nitrogens with zero attached hydrogens (tertiary/aromatic N) is 2. The van der Waals surface area contributed by atoms with Gasteiger partial charge in [-0.25, -0.2) is 14.5 Å². The second-order valence-electron chi connectivity index (χ2n) is 4.92. The summed E-state index contributed by atoms with van der Waals surface area (Å²) in [5.41, 5.74) is 1.26. The molecule has 0 bridgehead atoms. The van der Waals surface area contributed by atoms with Crippen LogP contribution in [0.15, 0.2) is 47.5 Å². The first kappa shape index (κ1) is 15.3. The molecule has 0 aliphatic carbocycles. The van der Waals surface area contributed by atoms with Crippen LogP contribution in [0.3, 0.4) is 0 Å². The molecule has 0 atom stereocenters. The van der Waals surface area contributed by atoms with Gasteiger partial charge in [-0.05, 0) is 42.5 Å². The monoisotopic (exact) mass is 322 g/mol. The van der Waals surface area contributed by atoms with E-state index in [1.165, 1.54) is 55.7 Å². The normalized spacial score (nSPS) is 12.6. The minimum Gasteiger partial charge on any atom is -0.465 e. The summed E-state index contributed by atoms with van der Waals surface area (Å²) in [6, 6.07) is 10.2. The topological polar surface area (TPSA) is 93.1 Å². The number of methoxy groups -OCH3 is 1. The molecule has 0 radical (unpaired) electrons. The maximum atomic E-state index is 12.5. The molecule has 0 spiro atoms. The number of anilines is 1. The highest BCUT2D eigenvalue weighted by Crippen LogP contribution is 2.31. The lowest BCUT2D eigenvalue weighted by Crippen LogP contribution is -2.29. The third-order valence-electron chi connectivity index (χ3n) is 3.59. The molecule has 0 N–H and O–H groups in total. The number of isocyanates is 1. The number of benzene rings is 2. The molecule has 7 nitrogen and oxygen atoms in total. The summed E-state index contributed by atoms with van der Waals surface area (Å²) < 4.78 is 4.60. The highest BCUT2D eigenvalue weighted by Gasteiger charge is 2.36. The molecule has 1 aliphatic rings. The Morgan fingerprint density at radius 2 is 1.71 bits per heavy atom. The molecule has 0 saturated carbocycles. The molecule has 0 aromatic heterocycles. The molecule has 7 heteroatoms. The van der Waals surface area contributed by atoms with Gasteiger partial charge in [0.2, 0.25) is 6.08 Å². The van der Waals surface area contributed by atoms with Crippen molar-refractivity contribution in [2.45, 2.75) is 0 Å². The molecule has 118 valence electrons. The summed E-state index contributed by atoms with van der Waals surface area (Å²) in [5.74, 6) is -1.52. The zero-order chi connectivity index (χ0) is 17.3. The van der Waals surface area contributed by atoms with Crippen LogP contribution < -0.4 is 4.90 Å². The van der Waals surface area contributed by atoms with Crippen molar-refractivity contribution in [2.75, 3.05) is 12.0 Å². The highest BCUT2D eigenvalue weighted by molar-refractivity contribution is 6.34. The zero-order valence-electron chi connectivity index (χ0n) is 12.5. The number of carbonyl (C=O) groups is 3. The van der Waals surface area contributed by atoms with Gasteiger partial charge in [0, 0.05) is 0 Å². The molecule has 0 unspecified atom stereocenters. The Hall–Kier alpha value is -3.57. The Kier molecular flexibility index (Phi) is 3.77. The Morgan fingerprint density at radius 1 is 1.04 bits per heavy atom. The van der Waals surface area contributed by atoms with Crippen molar-refractivity contribution in [3.63, 3.8) is 0 Å². The van der Waals surface area contributed by atoms with Crippen LogP contribution in [-0.4, -0.2) is 31.0 Å². The number of rotatable bonds is 3. The number of aliphatic imine (C=N–C) groups is 1. The van der Waals surface area contributed by atoms with E-state index in [1.54, 1.807) is 0 Å². The van der Waals surface area contributed by atoms with Crippen molar-refractivity contribution >= 4 is 35.2 Å². The van der Waals surface area contributed by atoms with E-state index in [4.69, 9.17) is 0 Å². The van der Waals surface area contributed by atoms with Crippen LogP contribution in [0.1, 0.15) is 31.1 Å². The summed E-state index contributed by atoms with van der Waals surface area (Å²) in [6.07, 6.45) is 1.39. The zero-order valence-corrected chi connectivity index (χ0v) is 12.5. The SMILES string of the molecule is COC(=O)c1ccc(N2C(=O)c3ccc(N=C=O)cc3C2=O)cc1. The fraction of sp³-hybridized carbons (Fsp3) is 0.0588. The van der Waals surface area contributed by atoms with E-state index in [2.05, 4.69) is 9.73 Å². The Morgan fingerprint density at radius 3 is 2.33 bits per heavy atom. The number of imide groups is 1. The average Bonchev–Trinajstić information content (AvgIpc) is 2.85. The fourth-order valence-electron chi connectivity index (χ4n) is 2.45. The lowest BCUT2D eigenvalue weighted by atomic mass is 10.1. The average molecular weight is 322 g/mol. The molecule has 24 heavy (non-hydrogen) atoms. The quantitative estimate of drug-likeness (QED) is 0.374. The van der Waals surface area contributed by atoms with Gasteiger partial charge < -0.3 is 4.74 Å². The van der Waals surface area contributed by atoms with Crippen molar-refractivity contribution in [1.29, 1.82) is 0 Å². The van der Waals surface area contributed by atoms with Crippen LogP contribution in [-0.2, 0) is 9.53 Å². The third-order valence-corrected chi connectivity index (χ3v) is 3.59. The van der Waals surface area contributed by atoms with Gasteiger partial charge in [-0.1, -0.05) is 0 Å². The Labute approximate surface area is 136 Å².